The summed E-state index contributed by atoms with van der Waals surface area (Å²) < 4.78 is 0. The van der Waals surface area contributed by atoms with E-state index in [1.54, 1.807) is 16.7 Å². The maximum atomic E-state index is 13.4. The number of rotatable bonds is 4. The predicted octanol–water partition coefficient (Wildman–Crippen LogP) is 5.13. The number of fused-ring (bicyclic) bond motifs is 1. The molecular formula is C25H23N3O4. The van der Waals surface area contributed by atoms with Gasteiger partial charge in [0.25, 0.3) is 11.6 Å². The van der Waals surface area contributed by atoms with Gasteiger partial charge in [-0.25, -0.2) is 0 Å². The maximum absolute atomic E-state index is 13.4. The van der Waals surface area contributed by atoms with Crippen molar-refractivity contribution >= 4 is 28.9 Å². The van der Waals surface area contributed by atoms with Gasteiger partial charge in [0.15, 0.2) is 0 Å². The number of para-hydroxylation sites is 2. The van der Waals surface area contributed by atoms with Gasteiger partial charge in [-0.3, -0.25) is 19.7 Å². The standard InChI is InChI=1S/C25H23N3O4/c1-17-16-24(27(18(2)29)20-8-4-3-5-9-20)22-10-6-7-11-23(22)26(17)25(30)19-12-14-21(15-13-19)28(31)32/h3-15,17,24H,16H2,1-2H3/t17-,24-/m1/s1. The zero-order chi connectivity index (χ0) is 22.8. The molecule has 3 aromatic carbocycles. The van der Waals surface area contributed by atoms with Gasteiger partial charge in [-0.1, -0.05) is 36.4 Å². The molecule has 7 heteroatoms. The fourth-order valence-corrected chi connectivity index (χ4v) is 4.37. The van der Waals surface area contributed by atoms with Gasteiger partial charge in [-0.15, -0.1) is 0 Å². The molecular weight excluding hydrogens is 406 g/mol. The van der Waals surface area contributed by atoms with E-state index < -0.39 is 4.92 Å². The van der Waals surface area contributed by atoms with Gasteiger partial charge >= 0.3 is 0 Å². The Hall–Kier alpha value is -4.00. The van der Waals surface area contributed by atoms with E-state index in [4.69, 9.17) is 0 Å². The summed E-state index contributed by atoms with van der Waals surface area (Å²) in [4.78, 5) is 40.0. The summed E-state index contributed by atoms with van der Waals surface area (Å²) in [5.41, 5.74) is 2.75. The van der Waals surface area contributed by atoms with Gasteiger partial charge in [-0.2, -0.15) is 0 Å². The van der Waals surface area contributed by atoms with Crippen molar-refractivity contribution in [2.75, 3.05) is 9.80 Å². The quantitative estimate of drug-likeness (QED) is 0.425. The molecule has 0 spiro atoms. The molecule has 1 aliphatic rings. The van der Waals surface area contributed by atoms with Crippen molar-refractivity contribution in [3.63, 3.8) is 0 Å². The molecule has 1 aliphatic heterocycles. The zero-order valence-electron chi connectivity index (χ0n) is 17.8. The number of benzene rings is 3. The van der Waals surface area contributed by atoms with E-state index in [1.807, 2.05) is 61.5 Å². The molecule has 2 atom stereocenters. The molecule has 4 rings (SSSR count). The predicted molar refractivity (Wildman–Crippen MR) is 123 cm³/mol. The molecule has 162 valence electrons. The molecule has 0 fully saturated rings. The molecule has 0 aromatic heterocycles. The second-order valence-corrected chi connectivity index (χ2v) is 7.86. The van der Waals surface area contributed by atoms with Crippen LogP contribution < -0.4 is 9.80 Å². The number of nitrogens with zero attached hydrogens (tertiary/aromatic N) is 3. The molecule has 0 saturated carbocycles. The summed E-state index contributed by atoms with van der Waals surface area (Å²) in [6.45, 7) is 3.50. The first-order valence-corrected chi connectivity index (χ1v) is 10.4. The van der Waals surface area contributed by atoms with Crippen LogP contribution >= 0.6 is 0 Å². The van der Waals surface area contributed by atoms with Crippen LogP contribution in [-0.2, 0) is 4.79 Å². The molecule has 3 aromatic rings. The topological polar surface area (TPSA) is 83.8 Å². The van der Waals surface area contributed by atoms with Crippen LogP contribution in [0.15, 0.2) is 78.9 Å². The number of carbonyl (C=O) groups is 2. The summed E-state index contributed by atoms with van der Waals surface area (Å²) >= 11 is 0. The SMILES string of the molecule is CC(=O)N(c1ccccc1)[C@@H]1C[C@@H](C)N(C(=O)c2ccc([N+](=O)[O-])cc2)c2ccccc21. The van der Waals surface area contributed by atoms with E-state index in [2.05, 4.69) is 0 Å². The Bertz CT molecular complexity index is 1160. The minimum absolute atomic E-state index is 0.0614. The van der Waals surface area contributed by atoms with Gasteiger partial charge in [0.1, 0.15) is 0 Å². The number of hydrogen-bond acceptors (Lipinski definition) is 4. The number of non-ortho nitro benzene ring substituents is 1. The summed E-state index contributed by atoms with van der Waals surface area (Å²) in [6, 6.07) is 22.3. The van der Waals surface area contributed by atoms with Crippen LogP contribution in [0.2, 0.25) is 0 Å². The Balaban J connectivity index is 1.74. The highest BCUT2D eigenvalue weighted by molar-refractivity contribution is 6.07. The van der Waals surface area contributed by atoms with Crippen LogP contribution in [-0.4, -0.2) is 22.8 Å². The van der Waals surface area contributed by atoms with Gasteiger partial charge in [0.05, 0.1) is 11.0 Å². The van der Waals surface area contributed by atoms with Crippen molar-refractivity contribution in [1.29, 1.82) is 0 Å². The highest BCUT2D eigenvalue weighted by Crippen LogP contribution is 2.42. The van der Waals surface area contributed by atoms with Gasteiger partial charge in [-0.05, 0) is 49.2 Å². The number of carbonyl (C=O) groups excluding carboxylic acids is 2. The average Bonchev–Trinajstić information content (AvgIpc) is 2.79. The largest absolute Gasteiger partial charge is 0.305 e. The second kappa shape index (κ2) is 8.63. The van der Waals surface area contributed by atoms with Gasteiger partial charge in [0.2, 0.25) is 5.91 Å². The van der Waals surface area contributed by atoms with Crippen LogP contribution in [0.3, 0.4) is 0 Å². The minimum Gasteiger partial charge on any atom is -0.305 e. The fourth-order valence-electron chi connectivity index (χ4n) is 4.37. The summed E-state index contributed by atoms with van der Waals surface area (Å²) in [5, 5.41) is 10.9. The highest BCUT2D eigenvalue weighted by atomic mass is 16.6. The van der Waals surface area contributed by atoms with Crippen LogP contribution in [0.4, 0.5) is 17.1 Å². The van der Waals surface area contributed by atoms with Crippen LogP contribution in [0, 0.1) is 10.1 Å². The van der Waals surface area contributed by atoms with Crippen molar-refractivity contribution in [3.8, 4) is 0 Å². The molecule has 0 saturated heterocycles. The lowest BCUT2D eigenvalue weighted by Crippen LogP contribution is -2.47. The average molecular weight is 429 g/mol. The van der Waals surface area contributed by atoms with E-state index in [1.165, 1.54) is 24.3 Å². The summed E-state index contributed by atoms with van der Waals surface area (Å²) in [5.74, 6) is -0.300. The van der Waals surface area contributed by atoms with E-state index >= 15 is 0 Å². The van der Waals surface area contributed by atoms with E-state index in [-0.39, 0.29) is 29.6 Å². The minimum atomic E-state index is -0.488. The first-order valence-electron chi connectivity index (χ1n) is 10.4. The van der Waals surface area contributed by atoms with Crippen molar-refractivity contribution < 1.29 is 14.5 Å². The van der Waals surface area contributed by atoms with E-state index in [0.29, 0.717) is 12.0 Å². The Morgan fingerprint density at radius 3 is 2.22 bits per heavy atom. The third kappa shape index (κ3) is 3.85. The number of amides is 2. The highest BCUT2D eigenvalue weighted by Gasteiger charge is 2.38. The van der Waals surface area contributed by atoms with Crippen LogP contribution in [0.1, 0.15) is 42.2 Å². The van der Waals surface area contributed by atoms with Crippen molar-refractivity contribution in [2.45, 2.75) is 32.4 Å². The summed E-state index contributed by atoms with van der Waals surface area (Å²) in [7, 11) is 0. The third-order valence-corrected chi connectivity index (χ3v) is 5.79. The first kappa shape index (κ1) is 21.2. The molecule has 7 nitrogen and oxygen atoms in total. The lowest BCUT2D eigenvalue weighted by Gasteiger charge is -2.43. The van der Waals surface area contributed by atoms with Gasteiger partial charge in [0, 0.05) is 42.0 Å². The molecule has 1 heterocycles. The number of nitro groups is 1. The normalized spacial score (nSPS) is 17.4. The van der Waals surface area contributed by atoms with Crippen molar-refractivity contribution in [2.24, 2.45) is 0 Å². The molecule has 32 heavy (non-hydrogen) atoms. The Morgan fingerprint density at radius 1 is 0.969 bits per heavy atom. The smallest absolute Gasteiger partial charge is 0.269 e. The monoisotopic (exact) mass is 429 g/mol. The number of anilines is 2. The van der Waals surface area contributed by atoms with E-state index in [9.17, 15) is 19.7 Å². The lowest BCUT2D eigenvalue weighted by atomic mass is 9.89. The Labute approximate surface area is 186 Å². The van der Waals surface area contributed by atoms with E-state index in [0.717, 1.165) is 16.9 Å². The van der Waals surface area contributed by atoms with Gasteiger partial charge < -0.3 is 9.80 Å². The molecule has 0 radical (unpaired) electrons. The molecule has 0 bridgehead atoms. The second-order valence-electron chi connectivity index (χ2n) is 7.86. The van der Waals surface area contributed by atoms with Crippen molar-refractivity contribution in [3.05, 3.63) is 100 Å². The molecule has 0 aliphatic carbocycles. The third-order valence-electron chi connectivity index (χ3n) is 5.79. The maximum Gasteiger partial charge on any atom is 0.269 e. The number of hydrogen-bond donors (Lipinski definition) is 0. The molecule has 0 N–H and O–H groups in total. The Kier molecular flexibility index (Phi) is 5.73. The fraction of sp³-hybridized carbons (Fsp3) is 0.200. The van der Waals surface area contributed by atoms with Crippen LogP contribution in [0.5, 0.6) is 0 Å². The first-order chi connectivity index (χ1) is 15.4. The van der Waals surface area contributed by atoms with Crippen molar-refractivity contribution in [1.82, 2.24) is 0 Å². The lowest BCUT2D eigenvalue weighted by molar-refractivity contribution is -0.384. The molecule has 2 amide bonds. The van der Waals surface area contributed by atoms with Crippen LogP contribution in [0.25, 0.3) is 0 Å². The molecule has 0 unspecified atom stereocenters. The zero-order valence-corrected chi connectivity index (χ0v) is 17.8. The Morgan fingerprint density at radius 2 is 1.59 bits per heavy atom. The number of nitro benzene ring substituents is 1. The summed E-state index contributed by atoms with van der Waals surface area (Å²) in [6.07, 6.45) is 0.560.